The van der Waals surface area contributed by atoms with E-state index in [-0.39, 0.29) is 6.04 Å². The van der Waals surface area contributed by atoms with Crippen molar-refractivity contribution in [3.05, 3.63) is 35.4 Å². The van der Waals surface area contributed by atoms with Crippen molar-refractivity contribution in [2.75, 3.05) is 19.8 Å². The number of nitrogens with one attached hydrogen (secondary N) is 1. The molecule has 3 unspecified atom stereocenters. The Labute approximate surface area is 127 Å². The summed E-state index contributed by atoms with van der Waals surface area (Å²) in [6.45, 7) is 4.39. The number of ether oxygens (including phenoxy) is 1. The predicted octanol–water partition coefficient (Wildman–Crippen LogP) is 2.63. The second kappa shape index (κ2) is 6.47. The van der Waals surface area contributed by atoms with Crippen LogP contribution in [-0.4, -0.2) is 36.5 Å². The topological polar surface area (TPSA) is 41.5 Å². The van der Waals surface area contributed by atoms with Crippen molar-refractivity contribution < 1.29 is 9.84 Å². The van der Waals surface area contributed by atoms with Gasteiger partial charge in [-0.15, -0.1) is 0 Å². The Morgan fingerprint density at radius 3 is 3.00 bits per heavy atom. The largest absolute Gasteiger partial charge is 0.390 e. The minimum absolute atomic E-state index is 0.285. The highest BCUT2D eigenvalue weighted by atomic mass is 16.5. The van der Waals surface area contributed by atoms with Gasteiger partial charge in [0.15, 0.2) is 0 Å². The van der Waals surface area contributed by atoms with Crippen molar-refractivity contribution in [3.63, 3.8) is 0 Å². The molecule has 1 aliphatic carbocycles. The van der Waals surface area contributed by atoms with E-state index in [4.69, 9.17) is 4.74 Å². The van der Waals surface area contributed by atoms with Gasteiger partial charge in [0.2, 0.25) is 0 Å². The molecular weight excluding hydrogens is 262 g/mol. The molecule has 3 rings (SSSR count). The van der Waals surface area contributed by atoms with Crippen molar-refractivity contribution in [1.82, 2.24) is 5.32 Å². The number of benzene rings is 1. The number of morpholine rings is 1. The van der Waals surface area contributed by atoms with Gasteiger partial charge < -0.3 is 15.2 Å². The lowest BCUT2D eigenvalue weighted by molar-refractivity contribution is -0.00432. The van der Waals surface area contributed by atoms with Crippen LogP contribution in [-0.2, 0) is 11.2 Å². The molecular formula is C18H27NO2. The van der Waals surface area contributed by atoms with Crippen LogP contribution in [0, 0.1) is 0 Å². The van der Waals surface area contributed by atoms with Crippen molar-refractivity contribution in [2.24, 2.45) is 0 Å². The molecule has 0 radical (unpaired) electrons. The van der Waals surface area contributed by atoms with Crippen LogP contribution >= 0.6 is 0 Å². The Bertz CT molecular complexity index is 466. The smallest absolute Gasteiger partial charge is 0.0641 e. The quantitative estimate of drug-likeness (QED) is 0.895. The normalized spacial score (nSPS) is 28.7. The molecule has 3 atom stereocenters. The monoisotopic (exact) mass is 289 g/mol. The van der Waals surface area contributed by atoms with Gasteiger partial charge in [0.25, 0.3) is 0 Å². The van der Waals surface area contributed by atoms with Gasteiger partial charge in [-0.1, -0.05) is 24.3 Å². The van der Waals surface area contributed by atoms with E-state index in [1.165, 1.54) is 30.4 Å². The Balaban J connectivity index is 1.65. The van der Waals surface area contributed by atoms with Gasteiger partial charge in [0, 0.05) is 12.6 Å². The second-order valence-corrected chi connectivity index (χ2v) is 6.92. The van der Waals surface area contributed by atoms with E-state index < -0.39 is 5.60 Å². The average Bonchev–Trinajstić information content (AvgIpc) is 2.48. The van der Waals surface area contributed by atoms with Gasteiger partial charge in [0.1, 0.15) is 0 Å². The maximum Gasteiger partial charge on any atom is 0.0641 e. The zero-order valence-electron chi connectivity index (χ0n) is 13.0. The molecule has 116 valence electrons. The summed E-state index contributed by atoms with van der Waals surface area (Å²) in [5.41, 5.74) is 2.30. The average molecular weight is 289 g/mol. The zero-order chi connectivity index (χ0) is 14.7. The molecule has 0 amide bonds. The Morgan fingerprint density at radius 1 is 1.33 bits per heavy atom. The fraction of sp³-hybridized carbons (Fsp3) is 0.667. The van der Waals surface area contributed by atoms with Gasteiger partial charge in [-0.3, -0.25) is 0 Å². The number of hydrogen-bond acceptors (Lipinski definition) is 3. The molecule has 21 heavy (non-hydrogen) atoms. The second-order valence-electron chi connectivity index (χ2n) is 6.92. The third kappa shape index (κ3) is 3.85. The number of aliphatic hydroxyl groups is 1. The van der Waals surface area contributed by atoms with E-state index in [1.54, 1.807) is 0 Å². The summed E-state index contributed by atoms with van der Waals surface area (Å²) in [5.74, 6) is 0.495. The molecule has 1 saturated heterocycles. The number of hydrogen-bond donors (Lipinski definition) is 2. The van der Waals surface area contributed by atoms with Crippen LogP contribution in [0.3, 0.4) is 0 Å². The Morgan fingerprint density at radius 2 is 2.19 bits per heavy atom. The lowest BCUT2D eigenvalue weighted by Gasteiger charge is -2.35. The van der Waals surface area contributed by atoms with Crippen molar-refractivity contribution >= 4 is 0 Å². The van der Waals surface area contributed by atoms with Crippen LogP contribution in [0.2, 0.25) is 0 Å². The third-order valence-corrected chi connectivity index (χ3v) is 4.86. The first-order chi connectivity index (χ1) is 10.1. The van der Waals surface area contributed by atoms with Crippen molar-refractivity contribution in [2.45, 2.75) is 56.6 Å². The summed E-state index contributed by atoms with van der Waals surface area (Å²) >= 11 is 0. The van der Waals surface area contributed by atoms with Crippen molar-refractivity contribution in [1.29, 1.82) is 0 Å². The van der Waals surface area contributed by atoms with Crippen LogP contribution in [0.15, 0.2) is 24.3 Å². The summed E-state index contributed by atoms with van der Waals surface area (Å²) in [4.78, 5) is 0. The molecule has 1 fully saturated rings. The predicted molar refractivity (Wildman–Crippen MR) is 84.6 cm³/mol. The molecule has 1 heterocycles. The van der Waals surface area contributed by atoms with Crippen LogP contribution < -0.4 is 5.32 Å². The van der Waals surface area contributed by atoms with Crippen LogP contribution in [0.4, 0.5) is 0 Å². The first-order valence-electron chi connectivity index (χ1n) is 8.25. The summed E-state index contributed by atoms with van der Waals surface area (Å²) < 4.78 is 5.50. The molecule has 0 spiro atoms. The van der Waals surface area contributed by atoms with Gasteiger partial charge in [-0.05, 0) is 56.1 Å². The van der Waals surface area contributed by atoms with Gasteiger partial charge in [-0.25, -0.2) is 0 Å². The maximum atomic E-state index is 10.8. The maximum absolute atomic E-state index is 10.8. The van der Waals surface area contributed by atoms with E-state index in [1.807, 2.05) is 6.92 Å². The standard InChI is InChI=1S/C18H27NO2/c1-18(20,12-16-13-21-10-9-19-16)11-15-7-4-6-14-5-2-3-8-17(14)15/h2-3,5,8,15-16,19-20H,4,6-7,9-13H2,1H3. The van der Waals surface area contributed by atoms with Gasteiger partial charge in [-0.2, -0.15) is 0 Å². The highest BCUT2D eigenvalue weighted by molar-refractivity contribution is 5.32. The number of rotatable bonds is 4. The molecule has 1 aliphatic heterocycles. The molecule has 1 aromatic rings. The fourth-order valence-corrected chi connectivity index (χ4v) is 3.96. The van der Waals surface area contributed by atoms with E-state index in [2.05, 4.69) is 29.6 Å². The first-order valence-corrected chi connectivity index (χ1v) is 8.25. The van der Waals surface area contributed by atoms with Gasteiger partial charge >= 0.3 is 0 Å². The van der Waals surface area contributed by atoms with Gasteiger partial charge in [0.05, 0.1) is 18.8 Å². The van der Waals surface area contributed by atoms with Crippen molar-refractivity contribution in [3.8, 4) is 0 Å². The Hall–Kier alpha value is -0.900. The van der Waals surface area contributed by atoms with Crippen LogP contribution in [0.1, 0.15) is 49.7 Å². The van der Waals surface area contributed by atoms with E-state index in [9.17, 15) is 5.11 Å². The van der Waals surface area contributed by atoms with Crippen LogP contribution in [0.5, 0.6) is 0 Å². The summed E-state index contributed by atoms with van der Waals surface area (Å²) in [7, 11) is 0. The minimum atomic E-state index is -0.631. The molecule has 3 heteroatoms. The molecule has 2 aliphatic rings. The lowest BCUT2D eigenvalue weighted by atomic mass is 9.76. The highest BCUT2D eigenvalue weighted by Crippen LogP contribution is 2.38. The zero-order valence-corrected chi connectivity index (χ0v) is 13.0. The fourth-order valence-electron chi connectivity index (χ4n) is 3.96. The third-order valence-electron chi connectivity index (χ3n) is 4.86. The van der Waals surface area contributed by atoms with E-state index in [0.717, 1.165) is 32.6 Å². The molecule has 0 saturated carbocycles. The summed E-state index contributed by atoms with van der Waals surface area (Å²) in [6.07, 6.45) is 5.24. The van der Waals surface area contributed by atoms with E-state index >= 15 is 0 Å². The highest BCUT2D eigenvalue weighted by Gasteiger charge is 2.32. The molecule has 0 aromatic heterocycles. The lowest BCUT2D eigenvalue weighted by Crippen LogP contribution is -2.46. The molecule has 1 aromatic carbocycles. The Kier molecular flexibility index (Phi) is 4.63. The van der Waals surface area contributed by atoms with Crippen LogP contribution in [0.25, 0.3) is 0 Å². The molecule has 0 bridgehead atoms. The molecule has 2 N–H and O–H groups in total. The first kappa shape index (κ1) is 15.0. The number of fused-ring (bicyclic) bond motifs is 1. The summed E-state index contributed by atoms with van der Waals surface area (Å²) in [6, 6.07) is 9.03. The number of aryl methyl sites for hydroxylation is 1. The van der Waals surface area contributed by atoms with E-state index in [0.29, 0.717) is 5.92 Å². The minimum Gasteiger partial charge on any atom is -0.390 e. The SMILES string of the molecule is CC(O)(CC1COCCN1)CC1CCCc2ccccc21. The summed E-state index contributed by atoms with van der Waals surface area (Å²) in [5, 5.41) is 14.3. The molecule has 3 nitrogen and oxygen atoms in total.